The molecule has 0 spiro atoms. The SMILES string of the molecule is CCOc1cc(CNC2CC(OCC)C2)ccc1OC. The van der Waals surface area contributed by atoms with Crippen LogP contribution in [0.15, 0.2) is 18.2 Å². The lowest BCUT2D eigenvalue weighted by Gasteiger charge is -2.35. The molecule has 1 saturated carbocycles. The Kier molecular flexibility index (Phi) is 5.68. The number of methoxy groups -OCH3 is 1. The Hall–Kier alpha value is -1.26. The second-order valence-corrected chi connectivity index (χ2v) is 5.04. The molecule has 0 unspecified atom stereocenters. The molecule has 1 N–H and O–H groups in total. The van der Waals surface area contributed by atoms with E-state index in [-0.39, 0.29) is 0 Å². The first-order valence-electron chi connectivity index (χ1n) is 7.41. The third kappa shape index (κ3) is 3.87. The smallest absolute Gasteiger partial charge is 0.161 e. The second-order valence-electron chi connectivity index (χ2n) is 5.04. The molecular weight excluding hydrogens is 254 g/mol. The van der Waals surface area contributed by atoms with Gasteiger partial charge in [-0.15, -0.1) is 0 Å². The standard InChI is InChI=1S/C16H25NO3/c1-4-19-14-9-13(10-14)17-11-12-6-7-15(18-3)16(8-12)20-5-2/h6-8,13-14,17H,4-5,9-11H2,1-3H3. The lowest BCUT2D eigenvalue weighted by molar-refractivity contribution is -0.0102. The van der Waals surface area contributed by atoms with Gasteiger partial charge in [0.15, 0.2) is 11.5 Å². The minimum Gasteiger partial charge on any atom is -0.493 e. The fourth-order valence-electron chi connectivity index (χ4n) is 2.47. The van der Waals surface area contributed by atoms with E-state index in [1.807, 2.05) is 26.0 Å². The van der Waals surface area contributed by atoms with Gasteiger partial charge in [-0.3, -0.25) is 0 Å². The van der Waals surface area contributed by atoms with Gasteiger partial charge in [0, 0.05) is 19.2 Å². The lowest BCUT2D eigenvalue weighted by Crippen LogP contribution is -2.45. The molecule has 0 heterocycles. The highest BCUT2D eigenvalue weighted by Crippen LogP contribution is 2.28. The number of nitrogens with one attached hydrogen (secondary N) is 1. The summed E-state index contributed by atoms with van der Waals surface area (Å²) in [6.45, 7) is 6.34. The van der Waals surface area contributed by atoms with Crippen LogP contribution in [-0.2, 0) is 11.3 Å². The summed E-state index contributed by atoms with van der Waals surface area (Å²) in [7, 11) is 1.66. The maximum Gasteiger partial charge on any atom is 0.161 e. The van der Waals surface area contributed by atoms with Crippen LogP contribution >= 0.6 is 0 Å². The fourth-order valence-corrected chi connectivity index (χ4v) is 2.47. The van der Waals surface area contributed by atoms with Crippen molar-refractivity contribution in [1.29, 1.82) is 0 Å². The highest BCUT2D eigenvalue weighted by Gasteiger charge is 2.28. The predicted octanol–water partition coefficient (Wildman–Crippen LogP) is 2.75. The number of hydrogen-bond donors (Lipinski definition) is 1. The van der Waals surface area contributed by atoms with Crippen LogP contribution < -0.4 is 14.8 Å². The van der Waals surface area contributed by atoms with Gasteiger partial charge in [-0.25, -0.2) is 0 Å². The lowest BCUT2D eigenvalue weighted by atomic mass is 9.89. The van der Waals surface area contributed by atoms with E-state index in [1.165, 1.54) is 5.56 Å². The molecular formula is C16H25NO3. The number of ether oxygens (including phenoxy) is 3. The molecule has 4 nitrogen and oxygen atoms in total. The molecule has 1 aromatic carbocycles. The van der Waals surface area contributed by atoms with Gasteiger partial charge in [-0.2, -0.15) is 0 Å². The van der Waals surface area contributed by atoms with Crippen LogP contribution in [0.5, 0.6) is 11.5 Å². The highest BCUT2D eigenvalue weighted by atomic mass is 16.5. The zero-order valence-electron chi connectivity index (χ0n) is 12.6. The van der Waals surface area contributed by atoms with Crippen LogP contribution in [-0.4, -0.2) is 32.5 Å². The average Bonchev–Trinajstić information content (AvgIpc) is 2.42. The van der Waals surface area contributed by atoms with Crippen molar-refractivity contribution < 1.29 is 14.2 Å². The topological polar surface area (TPSA) is 39.7 Å². The molecule has 0 aliphatic heterocycles. The van der Waals surface area contributed by atoms with E-state index in [0.717, 1.165) is 37.5 Å². The molecule has 2 rings (SSSR count). The zero-order valence-corrected chi connectivity index (χ0v) is 12.6. The van der Waals surface area contributed by atoms with E-state index < -0.39 is 0 Å². The molecule has 4 heteroatoms. The quantitative estimate of drug-likeness (QED) is 0.794. The Bertz CT molecular complexity index is 416. The van der Waals surface area contributed by atoms with E-state index >= 15 is 0 Å². The first kappa shape index (κ1) is 15.1. The third-order valence-corrected chi connectivity index (χ3v) is 3.62. The average molecular weight is 279 g/mol. The Morgan fingerprint density at radius 2 is 1.95 bits per heavy atom. The van der Waals surface area contributed by atoms with Gasteiger partial charge in [0.2, 0.25) is 0 Å². The van der Waals surface area contributed by atoms with Crippen molar-refractivity contribution in [1.82, 2.24) is 5.32 Å². The molecule has 1 aliphatic rings. The Balaban J connectivity index is 1.83. The van der Waals surface area contributed by atoms with E-state index in [4.69, 9.17) is 14.2 Å². The summed E-state index contributed by atoms with van der Waals surface area (Å²) in [5, 5.41) is 3.55. The van der Waals surface area contributed by atoms with Crippen molar-refractivity contribution in [2.45, 2.75) is 45.4 Å². The second kappa shape index (κ2) is 7.50. The molecule has 1 fully saturated rings. The van der Waals surface area contributed by atoms with Gasteiger partial charge in [-0.1, -0.05) is 6.07 Å². The number of hydrogen-bond acceptors (Lipinski definition) is 4. The van der Waals surface area contributed by atoms with Gasteiger partial charge in [0.05, 0.1) is 19.8 Å². The van der Waals surface area contributed by atoms with E-state index in [9.17, 15) is 0 Å². The zero-order chi connectivity index (χ0) is 14.4. The summed E-state index contributed by atoms with van der Waals surface area (Å²) >= 11 is 0. The van der Waals surface area contributed by atoms with Crippen LogP contribution in [0.3, 0.4) is 0 Å². The van der Waals surface area contributed by atoms with Crippen LogP contribution in [0.2, 0.25) is 0 Å². The third-order valence-electron chi connectivity index (χ3n) is 3.62. The van der Waals surface area contributed by atoms with Crippen molar-refractivity contribution in [3.63, 3.8) is 0 Å². The summed E-state index contributed by atoms with van der Waals surface area (Å²) in [5.74, 6) is 1.60. The van der Waals surface area contributed by atoms with Crippen LogP contribution in [0.1, 0.15) is 32.3 Å². The summed E-state index contributed by atoms with van der Waals surface area (Å²) in [6.07, 6.45) is 2.68. The van der Waals surface area contributed by atoms with E-state index in [1.54, 1.807) is 7.11 Å². The van der Waals surface area contributed by atoms with Crippen molar-refractivity contribution >= 4 is 0 Å². The molecule has 0 atom stereocenters. The Labute approximate surface area is 121 Å². The molecule has 0 amide bonds. The van der Waals surface area contributed by atoms with E-state index in [0.29, 0.717) is 18.8 Å². The molecule has 0 bridgehead atoms. The molecule has 112 valence electrons. The van der Waals surface area contributed by atoms with Gasteiger partial charge in [0.1, 0.15) is 0 Å². The highest BCUT2D eigenvalue weighted by molar-refractivity contribution is 5.42. The summed E-state index contributed by atoms with van der Waals surface area (Å²) in [5.41, 5.74) is 1.22. The molecule has 0 saturated heterocycles. The summed E-state index contributed by atoms with van der Waals surface area (Å²) in [4.78, 5) is 0. The molecule has 1 aliphatic carbocycles. The maximum atomic E-state index is 5.59. The van der Waals surface area contributed by atoms with Crippen LogP contribution in [0, 0.1) is 0 Å². The normalized spacial score (nSPS) is 21.4. The van der Waals surface area contributed by atoms with Crippen molar-refractivity contribution in [3.8, 4) is 11.5 Å². The molecule has 0 radical (unpaired) electrons. The molecule has 0 aromatic heterocycles. The first-order valence-corrected chi connectivity index (χ1v) is 7.41. The van der Waals surface area contributed by atoms with Crippen molar-refractivity contribution in [3.05, 3.63) is 23.8 Å². The van der Waals surface area contributed by atoms with Crippen LogP contribution in [0.4, 0.5) is 0 Å². The summed E-state index contributed by atoms with van der Waals surface area (Å²) in [6, 6.07) is 6.66. The number of benzene rings is 1. The fraction of sp³-hybridized carbons (Fsp3) is 0.625. The van der Waals surface area contributed by atoms with Crippen molar-refractivity contribution in [2.24, 2.45) is 0 Å². The number of rotatable bonds is 8. The minimum absolute atomic E-state index is 0.451. The maximum absolute atomic E-state index is 5.59. The van der Waals surface area contributed by atoms with Gasteiger partial charge >= 0.3 is 0 Å². The first-order chi connectivity index (χ1) is 9.76. The van der Waals surface area contributed by atoms with Crippen molar-refractivity contribution in [2.75, 3.05) is 20.3 Å². The summed E-state index contributed by atoms with van der Waals surface area (Å²) < 4.78 is 16.4. The predicted molar refractivity (Wildman–Crippen MR) is 79.4 cm³/mol. The van der Waals surface area contributed by atoms with E-state index in [2.05, 4.69) is 11.4 Å². The molecule has 20 heavy (non-hydrogen) atoms. The minimum atomic E-state index is 0.451. The Morgan fingerprint density at radius 3 is 2.60 bits per heavy atom. The van der Waals surface area contributed by atoms with Crippen LogP contribution in [0.25, 0.3) is 0 Å². The molecule has 1 aromatic rings. The largest absolute Gasteiger partial charge is 0.493 e. The monoisotopic (exact) mass is 279 g/mol. The Morgan fingerprint density at radius 1 is 1.15 bits per heavy atom. The van der Waals surface area contributed by atoms with Gasteiger partial charge < -0.3 is 19.5 Å². The van der Waals surface area contributed by atoms with Gasteiger partial charge in [-0.05, 0) is 44.4 Å². The van der Waals surface area contributed by atoms with Gasteiger partial charge in [0.25, 0.3) is 0 Å².